The van der Waals surface area contributed by atoms with Crippen molar-refractivity contribution in [3.63, 3.8) is 0 Å². The molecule has 0 unspecified atom stereocenters. The Bertz CT molecular complexity index is 1460. The average molecular weight is 466 g/mol. The van der Waals surface area contributed by atoms with Crippen LogP contribution < -0.4 is 10.1 Å². The van der Waals surface area contributed by atoms with Gasteiger partial charge in [0.2, 0.25) is 0 Å². The molecule has 0 saturated carbocycles. The zero-order chi connectivity index (χ0) is 23.5. The number of para-hydroxylation sites is 1. The fourth-order valence-corrected chi connectivity index (χ4v) is 4.71. The summed E-state index contributed by atoms with van der Waals surface area (Å²) >= 11 is 1.46. The van der Waals surface area contributed by atoms with E-state index in [4.69, 9.17) is 14.7 Å². The van der Waals surface area contributed by atoms with Crippen molar-refractivity contribution in [2.45, 2.75) is 13.8 Å². The molecule has 0 aliphatic heterocycles. The summed E-state index contributed by atoms with van der Waals surface area (Å²) in [5.41, 5.74) is 4.91. The van der Waals surface area contributed by atoms with Crippen LogP contribution in [0.1, 0.15) is 22.2 Å². The van der Waals surface area contributed by atoms with Crippen molar-refractivity contribution in [2.24, 2.45) is 0 Å². The average Bonchev–Trinajstić information content (AvgIpc) is 3.24. The van der Waals surface area contributed by atoms with Crippen LogP contribution in [0.15, 0.2) is 84.9 Å². The molecule has 0 bridgehead atoms. The molecule has 168 valence electrons. The smallest absolute Gasteiger partial charge is 0.258 e. The molecular formula is C28H23N3O2S. The van der Waals surface area contributed by atoms with E-state index in [-0.39, 0.29) is 5.91 Å². The van der Waals surface area contributed by atoms with Crippen molar-refractivity contribution >= 4 is 33.3 Å². The third-order valence-electron chi connectivity index (χ3n) is 5.49. The number of hydrogen-bond donors (Lipinski definition) is 1. The highest BCUT2D eigenvalue weighted by Gasteiger charge is 2.17. The van der Waals surface area contributed by atoms with E-state index in [2.05, 4.69) is 5.32 Å². The number of pyridine rings is 1. The summed E-state index contributed by atoms with van der Waals surface area (Å²) in [4.78, 5) is 23.9. The number of nitrogens with one attached hydrogen (secondary N) is 1. The number of hydrogen-bond acceptors (Lipinski definition) is 5. The van der Waals surface area contributed by atoms with E-state index >= 15 is 0 Å². The molecule has 5 nitrogen and oxygen atoms in total. The first-order chi connectivity index (χ1) is 16.6. The van der Waals surface area contributed by atoms with Crippen LogP contribution in [0.5, 0.6) is 5.75 Å². The SMILES string of the molecule is CCOc1ccc(-c2nc(NC(=O)c3cc(-c4ccccc4)nc4ccccc34)sc2C)cc1. The molecule has 0 spiro atoms. The molecule has 1 N–H and O–H groups in total. The minimum absolute atomic E-state index is 0.206. The highest BCUT2D eigenvalue weighted by molar-refractivity contribution is 7.16. The van der Waals surface area contributed by atoms with Gasteiger partial charge < -0.3 is 4.74 Å². The van der Waals surface area contributed by atoms with Crippen LogP contribution in [-0.2, 0) is 0 Å². The van der Waals surface area contributed by atoms with Crippen LogP contribution in [0.4, 0.5) is 5.13 Å². The van der Waals surface area contributed by atoms with E-state index in [9.17, 15) is 4.79 Å². The summed E-state index contributed by atoms with van der Waals surface area (Å²) in [6.45, 7) is 4.59. The summed E-state index contributed by atoms with van der Waals surface area (Å²) < 4.78 is 5.53. The number of rotatable bonds is 6. The summed E-state index contributed by atoms with van der Waals surface area (Å²) in [6.07, 6.45) is 0. The number of nitrogens with zero attached hydrogens (tertiary/aromatic N) is 2. The van der Waals surface area contributed by atoms with Gasteiger partial charge in [-0.3, -0.25) is 10.1 Å². The van der Waals surface area contributed by atoms with Gasteiger partial charge in [-0.1, -0.05) is 48.5 Å². The molecule has 0 aliphatic rings. The third kappa shape index (κ3) is 4.40. The Morgan fingerprint density at radius 2 is 1.65 bits per heavy atom. The number of thiazole rings is 1. The summed E-state index contributed by atoms with van der Waals surface area (Å²) in [5.74, 6) is 0.620. The zero-order valence-corrected chi connectivity index (χ0v) is 19.7. The first kappa shape index (κ1) is 21.8. The molecule has 0 saturated heterocycles. The van der Waals surface area contributed by atoms with Gasteiger partial charge in [0.15, 0.2) is 5.13 Å². The van der Waals surface area contributed by atoms with E-state index in [1.165, 1.54) is 11.3 Å². The maximum atomic E-state index is 13.4. The molecule has 2 aromatic heterocycles. The molecule has 2 heterocycles. The second kappa shape index (κ2) is 9.45. The largest absolute Gasteiger partial charge is 0.494 e. The number of carbonyl (C=O) groups is 1. The van der Waals surface area contributed by atoms with E-state index in [0.717, 1.165) is 44.0 Å². The maximum Gasteiger partial charge on any atom is 0.258 e. The Morgan fingerprint density at radius 1 is 0.912 bits per heavy atom. The van der Waals surface area contributed by atoms with Crippen LogP contribution in [0.25, 0.3) is 33.4 Å². The van der Waals surface area contributed by atoms with Crippen LogP contribution in [0.3, 0.4) is 0 Å². The molecule has 0 radical (unpaired) electrons. The van der Waals surface area contributed by atoms with Gasteiger partial charge >= 0.3 is 0 Å². The van der Waals surface area contributed by atoms with E-state index in [1.807, 2.05) is 98.8 Å². The normalized spacial score (nSPS) is 10.9. The molecule has 0 aliphatic carbocycles. The lowest BCUT2D eigenvalue weighted by atomic mass is 10.0. The maximum absolute atomic E-state index is 13.4. The van der Waals surface area contributed by atoms with Crippen molar-refractivity contribution in [2.75, 3.05) is 11.9 Å². The van der Waals surface area contributed by atoms with Crippen molar-refractivity contribution in [3.05, 3.63) is 95.4 Å². The van der Waals surface area contributed by atoms with Gasteiger partial charge in [-0.2, -0.15) is 0 Å². The molecule has 1 amide bonds. The first-order valence-electron chi connectivity index (χ1n) is 11.1. The molecule has 6 heteroatoms. The van der Waals surface area contributed by atoms with Crippen LogP contribution in [-0.4, -0.2) is 22.5 Å². The lowest BCUT2D eigenvalue weighted by molar-refractivity contribution is 0.102. The van der Waals surface area contributed by atoms with Crippen LogP contribution >= 0.6 is 11.3 Å². The number of ether oxygens (including phenoxy) is 1. The molecule has 3 aromatic carbocycles. The fourth-order valence-electron chi connectivity index (χ4n) is 3.88. The number of benzene rings is 3. The molecule has 0 atom stereocenters. The van der Waals surface area contributed by atoms with Gasteiger partial charge in [0.05, 0.1) is 29.1 Å². The number of carbonyl (C=O) groups excluding carboxylic acids is 1. The molecular weight excluding hydrogens is 442 g/mol. The quantitative estimate of drug-likeness (QED) is 0.294. The standard InChI is InChI=1S/C28H23N3O2S/c1-3-33-21-15-13-20(14-16-21)26-18(2)34-28(30-26)31-27(32)23-17-25(19-9-5-4-6-10-19)29-24-12-8-7-11-22(23)24/h4-17H,3H2,1-2H3,(H,30,31,32). The predicted molar refractivity (Wildman–Crippen MR) is 139 cm³/mol. The van der Waals surface area contributed by atoms with Crippen molar-refractivity contribution in [1.29, 1.82) is 0 Å². The Balaban J connectivity index is 1.47. The van der Waals surface area contributed by atoms with Gasteiger partial charge in [-0.05, 0) is 50.2 Å². The lowest BCUT2D eigenvalue weighted by Gasteiger charge is -2.09. The number of fused-ring (bicyclic) bond motifs is 1. The third-order valence-corrected chi connectivity index (χ3v) is 6.37. The second-order valence-electron chi connectivity index (χ2n) is 7.77. The van der Waals surface area contributed by atoms with Crippen LogP contribution in [0.2, 0.25) is 0 Å². The number of aromatic nitrogens is 2. The van der Waals surface area contributed by atoms with E-state index < -0.39 is 0 Å². The van der Waals surface area contributed by atoms with E-state index in [0.29, 0.717) is 17.3 Å². The summed E-state index contributed by atoms with van der Waals surface area (Å²) in [7, 11) is 0. The Labute approximate surface area is 202 Å². The van der Waals surface area contributed by atoms with Gasteiger partial charge in [0, 0.05) is 21.4 Å². The Hall–Kier alpha value is -4.03. The minimum Gasteiger partial charge on any atom is -0.494 e. The van der Waals surface area contributed by atoms with Crippen molar-refractivity contribution in [1.82, 2.24) is 9.97 Å². The van der Waals surface area contributed by atoms with Gasteiger partial charge in [-0.15, -0.1) is 11.3 Å². The first-order valence-corrected chi connectivity index (χ1v) is 11.9. The molecule has 5 aromatic rings. The zero-order valence-electron chi connectivity index (χ0n) is 18.9. The van der Waals surface area contributed by atoms with Crippen LogP contribution in [0, 0.1) is 6.92 Å². The lowest BCUT2D eigenvalue weighted by Crippen LogP contribution is -2.13. The fraction of sp³-hybridized carbons (Fsp3) is 0.107. The Morgan fingerprint density at radius 3 is 2.41 bits per heavy atom. The highest BCUT2D eigenvalue weighted by Crippen LogP contribution is 2.32. The molecule has 34 heavy (non-hydrogen) atoms. The molecule has 5 rings (SSSR count). The highest BCUT2D eigenvalue weighted by atomic mass is 32.1. The van der Waals surface area contributed by atoms with Crippen molar-refractivity contribution < 1.29 is 9.53 Å². The van der Waals surface area contributed by atoms with Gasteiger partial charge in [0.1, 0.15) is 5.75 Å². The monoisotopic (exact) mass is 465 g/mol. The molecule has 0 fully saturated rings. The minimum atomic E-state index is -0.206. The summed E-state index contributed by atoms with van der Waals surface area (Å²) in [6, 6.07) is 27.3. The van der Waals surface area contributed by atoms with Crippen molar-refractivity contribution in [3.8, 4) is 28.3 Å². The Kier molecular flexibility index (Phi) is 6.06. The number of anilines is 1. The number of aryl methyl sites for hydroxylation is 1. The van der Waals surface area contributed by atoms with Gasteiger partial charge in [0.25, 0.3) is 5.91 Å². The number of amides is 1. The second-order valence-corrected chi connectivity index (χ2v) is 8.98. The van der Waals surface area contributed by atoms with Gasteiger partial charge in [-0.25, -0.2) is 9.97 Å². The van der Waals surface area contributed by atoms with E-state index in [1.54, 1.807) is 0 Å². The predicted octanol–water partition coefficient (Wildman–Crippen LogP) is 6.98. The topological polar surface area (TPSA) is 64.1 Å². The summed E-state index contributed by atoms with van der Waals surface area (Å²) in [5, 5.41) is 4.38.